The number of allylic oxidation sites excluding steroid dienone is 3. The van der Waals surface area contributed by atoms with E-state index in [0.717, 1.165) is 18.9 Å². The van der Waals surface area contributed by atoms with Gasteiger partial charge in [0.05, 0.1) is 110 Å². The van der Waals surface area contributed by atoms with Gasteiger partial charge in [0.1, 0.15) is 24.4 Å². The van der Waals surface area contributed by atoms with E-state index in [1.165, 1.54) is 71.8 Å². The molecule has 6 aliphatic rings. The molecule has 25 nitrogen and oxygen atoms in total. The third-order valence-electron chi connectivity index (χ3n) is 15.6. The number of Topliss-reactive ketones (excluding diaryl/α,β-unsaturated/α-hetero) is 1. The number of fused-ring (bicyclic) bond motifs is 2. The first-order valence-electron chi connectivity index (χ1n) is 27.8. The number of hydrogen-bond donors (Lipinski definition) is 8. The molecule has 0 radical (unpaired) electrons. The number of methoxy groups -OCH3 is 4. The topological polar surface area (TPSA) is 328 Å². The summed E-state index contributed by atoms with van der Waals surface area (Å²) in [7, 11) is 9.72. The van der Waals surface area contributed by atoms with Crippen LogP contribution in [-0.2, 0) is 52.3 Å². The van der Waals surface area contributed by atoms with E-state index in [4.69, 9.17) is 56.9 Å². The summed E-state index contributed by atoms with van der Waals surface area (Å²) in [4.78, 5) is 62.0. The molecule has 4 heterocycles. The average Bonchev–Trinajstić information content (AvgIpc) is 1.63. The van der Waals surface area contributed by atoms with Gasteiger partial charge >= 0.3 is 6.09 Å². The van der Waals surface area contributed by atoms with Crippen LogP contribution in [0.4, 0.5) is 4.79 Å². The fraction of sp³-hybridized carbons (Fsp3) is 0.649. The standard InChI is InChI=1S/C57H76IN3O22S4/c1-12-61(30(6)63)33-25-76-38(22-37(33)72-7)81-50-47(68)43(27(3)78-55(50)80-36-17-15-13-14-16-19-57(71)23-35(65)44(59-56(70)75-10)41(36)32(57)18-20-85-87-84-11)60-83-39-21-34(64)52(29(5)77-39)86-53(69)40-26(2)42(58)49(51(74-9)48(40)73-8)82-54-46(67)31(24-62)45(66)28(4)79-54/h13-14,18,27-29,31,33-34,36-39,43,45-47,50,52,54-55,60,62,64,66-68,71H,12,20-25H2,1-11H3,(H,59,70)/b14-13-,32-18+/t27-,28+,29-,31-,33+,34+,36+,37+,38+,39+,43-,45+,46-,47+,50-,52-,54+,55+,57+/m1/s1. The first-order valence-corrected chi connectivity index (χ1v) is 33.8. The van der Waals surface area contributed by atoms with Crippen LogP contribution in [0.3, 0.4) is 0 Å². The maximum atomic E-state index is 14.5. The van der Waals surface area contributed by atoms with Crippen LogP contribution in [-0.4, -0.2) is 228 Å². The van der Waals surface area contributed by atoms with Crippen LogP contribution in [0.1, 0.15) is 69.8 Å². The number of hydroxylamine groups is 1. The Morgan fingerprint density at radius 2 is 1.63 bits per heavy atom. The second kappa shape index (κ2) is 32.2. The van der Waals surface area contributed by atoms with Crippen molar-refractivity contribution in [3.63, 3.8) is 0 Å². The number of benzene rings is 1. The molecule has 0 spiro atoms. The second-order valence-corrected chi connectivity index (χ2v) is 27.5. The Morgan fingerprint density at radius 1 is 0.920 bits per heavy atom. The predicted octanol–water partition coefficient (Wildman–Crippen LogP) is 3.05. The SMILES string of the molecule is CCN(C(C)=O)[C@H]1CO[C@@H](O[C@H]2[C@H](O[C@H]3C#C/C=C\C#C[C@]4(O)CC(=O)C(NC(=O)OC)=C3/C4=C\CSSSC)O[C@H](C)[C@@H](NO[C@H]3C[C@H](O)[C@H](SC(=O)c4c(C)c(I)c(O[C@@H]5O[C@@H](C)[C@H](O)[C@@H](CO)[C@H]5O)c(OC)c4OC)[C@@H](C)O3)[C@@H]2O)C[C@@H]1OC. The average molecular weight is 1410 g/mol. The van der Waals surface area contributed by atoms with Gasteiger partial charge in [-0.1, -0.05) is 63.1 Å². The largest absolute Gasteiger partial charge is 0.492 e. The van der Waals surface area contributed by atoms with Crippen LogP contribution in [0.5, 0.6) is 17.2 Å². The van der Waals surface area contributed by atoms with Crippen LogP contribution in [0.15, 0.2) is 35.1 Å². The number of ketones is 1. The summed E-state index contributed by atoms with van der Waals surface area (Å²) in [6.07, 6.45) is -12.1. The molecule has 4 aliphatic heterocycles. The Balaban J connectivity index is 1.14. The third-order valence-corrected chi connectivity index (χ3v) is 22.0. The molecular formula is C57H76IN3O22S4. The normalized spacial score (nSPS) is 35.0. The molecule has 482 valence electrons. The Labute approximate surface area is 534 Å². The van der Waals surface area contributed by atoms with Crippen molar-refractivity contribution in [2.24, 2.45) is 5.92 Å². The Hall–Kier alpha value is -3.43. The number of hydrogen-bond acceptors (Lipinski definition) is 27. The number of carbonyl (C=O) groups excluding carboxylic acids is 4. The molecule has 7 rings (SSSR count). The molecule has 19 atom stereocenters. The van der Waals surface area contributed by atoms with Gasteiger partial charge < -0.3 is 87.6 Å². The minimum Gasteiger partial charge on any atom is -0.492 e. The molecule has 2 amide bonds. The van der Waals surface area contributed by atoms with E-state index in [2.05, 4.69) is 34.5 Å². The highest BCUT2D eigenvalue weighted by atomic mass is 127. The van der Waals surface area contributed by atoms with Crippen molar-refractivity contribution in [1.82, 2.24) is 15.7 Å². The molecule has 4 saturated heterocycles. The molecule has 1 aromatic carbocycles. The number of nitrogens with zero attached hydrogens (tertiary/aromatic N) is 1. The Morgan fingerprint density at radius 3 is 2.28 bits per heavy atom. The van der Waals surface area contributed by atoms with E-state index >= 15 is 0 Å². The zero-order chi connectivity index (χ0) is 63.6. The lowest BCUT2D eigenvalue weighted by Crippen LogP contribution is -2.65. The molecule has 0 unspecified atom stereocenters. The van der Waals surface area contributed by atoms with E-state index in [1.807, 2.05) is 35.8 Å². The van der Waals surface area contributed by atoms with E-state index < -0.39 is 145 Å². The number of amides is 2. The summed E-state index contributed by atoms with van der Waals surface area (Å²) in [5.74, 6) is 9.94. The van der Waals surface area contributed by atoms with Crippen LogP contribution in [0, 0.1) is 40.1 Å². The number of aliphatic hydroxyl groups excluding tert-OH is 5. The van der Waals surface area contributed by atoms with Gasteiger partial charge in [-0.2, -0.15) is 5.48 Å². The van der Waals surface area contributed by atoms with Crippen LogP contribution >= 0.6 is 65.8 Å². The number of ether oxygens (including phenoxy) is 11. The van der Waals surface area contributed by atoms with Crippen molar-refractivity contribution in [2.75, 3.05) is 60.2 Å². The van der Waals surface area contributed by atoms with Crippen LogP contribution in [0.2, 0.25) is 0 Å². The molecule has 1 aromatic rings. The van der Waals surface area contributed by atoms with Crippen molar-refractivity contribution < 1.29 is 107 Å². The second-order valence-electron chi connectivity index (χ2n) is 20.9. The number of thioether (sulfide) groups is 1. The monoisotopic (exact) mass is 1410 g/mol. The lowest BCUT2D eigenvalue weighted by atomic mass is 9.75. The molecule has 87 heavy (non-hydrogen) atoms. The van der Waals surface area contributed by atoms with Gasteiger partial charge in [0.15, 0.2) is 41.8 Å². The summed E-state index contributed by atoms with van der Waals surface area (Å²) in [6, 6.07) is -1.63. The lowest BCUT2D eigenvalue weighted by molar-refractivity contribution is -0.337. The highest BCUT2D eigenvalue weighted by Gasteiger charge is 2.52. The van der Waals surface area contributed by atoms with Gasteiger partial charge in [-0.3, -0.25) is 24.5 Å². The summed E-state index contributed by atoms with van der Waals surface area (Å²) < 4.78 is 67.2. The van der Waals surface area contributed by atoms with Crippen LogP contribution < -0.4 is 25.0 Å². The van der Waals surface area contributed by atoms with E-state index in [9.17, 15) is 49.8 Å². The molecule has 4 fully saturated rings. The number of likely N-dealkylation sites (N-methyl/N-ethyl adjacent to an activating group) is 1. The fourth-order valence-corrected chi connectivity index (χ4v) is 15.3. The number of halogens is 1. The van der Waals surface area contributed by atoms with Crippen molar-refractivity contribution in [3.05, 3.63) is 49.8 Å². The van der Waals surface area contributed by atoms with Crippen molar-refractivity contribution in [3.8, 4) is 40.9 Å². The summed E-state index contributed by atoms with van der Waals surface area (Å²) >= 11 is 2.78. The highest BCUT2D eigenvalue weighted by Crippen LogP contribution is 2.49. The van der Waals surface area contributed by atoms with Crippen LogP contribution in [0.25, 0.3) is 0 Å². The Kier molecular flexibility index (Phi) is 26.3. The maximum Gasteiger partial charge on any atom is 0.411 e. The summed E-state index contributed by atoms with van der Waals surface area (Å²) in [5, 5.41) is 69.3. The zero-order valence-electron chi connectivity index (χ0n) is 49.7. The molecule has 8 N–H and O–H groups in total. The molecule has 2 aliphatic carbocycles. The molecule has 0 saturated carbocycles. The third kappa shape index (κ3) is 16.3. The van der Waals surface area contributed by atoms with Gasteiger partial charge in [0.25, 0.3) is 0 Å². The number of alkyl carbamates (subject to hydrolysis) is 1. The van der Waals surface area contributed by atoms with Crippen molar-refractivity contribution in [2.45, 2.75) is 170 Å². The smallest absolute Gasteiger partial charge is 0.411 e. The van der Waals surface area contributed by atoms with Gasteiger partial charge in [-0.05, 0) is 91.0 Å². The molecule has 30 heteroatoms. The van der Waals surface area contributed by atoms with Gasteiger partial charge in [-0.15, -0.1) is 0 Å². The minimum atomic E-state index is -2.08. The van der Waals surface area contributed by atoms with Gasteiger partial charge in [0, 0.05) is 56.2 Å². The fourth-order valence-electron chi connectivity index (χ4n) is 11.1. The molecule has 0 aromatic heterocycles. The van der Waals surface area contributed by atoms with Crippen molar-refractivity contribution >= 4 is 88.7 Å². The Bertz CT molecular complexity index is 2860. The molecular weight excluding hydrogens is 1330 g/mol. The molecule has 2 bridgehead atoms. The van der Waals surface area contributed by atoms with Crippen molar-refractivity contribution in [1.29, 1.82) is 0 Å². The first kappa shape index (κ1) is 71.0. The van der Waals surface area contributed by atoms with E-state index in [-0.39, 0.29) is 65.0 Å². The highest BCUT2D eigenvalue weighted by molar-refractivity contribution is 14.1. The van der Waals surface area contributed by atoms with E-state index in [0.29, 0.717) is 21.4 Å². The van der Waals surface area contributed by atoms with E-state index in [1.54, 1.807) is 38.7 Å². The zero-order valence-corrected chi connectivity index (χ0v) is 55.2. The predicted molar refractivity (Wildman–Crippen MR) is 329 cm³/mol. The minimum absolute atomic E-state index is 0.00248. The lowest BCUT2D eigenvalue weighted by Gasteiger charge is -2.47. The van der Waals surface area contributed by atoms with Gasteiger partial charge in [0.2, 0.25) is 23.1 Å². The number of carbonyl (C=O) groups is 4. The summed E-state index contributed by atoms with van der Waals surface area (Å²) in [5.41, 5.74) is 1.10. The number of rotatable bonds is 22. The van der Waals surface area contributed by atoms with Gasteiger partial charge in [-0.25, -0.2) is 4.79 Å². The maximum absolute atomic E-state index is 14.5. The quantitative estimate of drug-likeness (QED) is 0.0272. The first-order chi connectivity index (χ1) is 41.5. The number of aliphatic hydroxyl groups is 6. The summed E-state index contributed by atoms with van der Waals surface area (Å²) in [6.45, 7) is 9.62. The number of nitrogens with one attached hydrogen (secondary N) is 2.